The molecule has 0 atom stereocenters. The normalized spacial score (nSPS) is 11.8. The van der Waals surface area contributed by atoms with Crippen LogP contribution >= 0.6 is 11.3 Å². The van der Waals surface area contributed by atoms with Crippen molar-refractivity contribution in [1.82, 2.24) is 4.98 Å². The van der Waals surface area contributed by atoms with Crippen molar-refractivity contribution in [1.29, 1.82) is 0 Å². The van der Waals surface area contributed by atoms with Gasteiger partial charge in [0.25, 0.3) is 0 Å². The number of alkyl halides is 3. The summed E-state index contributed by atoms with van der Waals surface area (Å²) in [5, 5.41) is 1.01. The van der Waals surface area contributed by atoms with Gasteiger partial charge in [-0.25, -0.2) is 4.98 Å². The second-order valence-corrected chi connectivity index (χ2v) is 7.78. The Morgan fingerprint density at radius 1 is 1.14 bits per heavy atom. The lowest BCUT2D eigenvalue weighted by Crippen LogP contribution is -2.03. The first-order valence-corrected chi connectivity index (χ1v) is 9.75. The molecule has 0 aliphatic rings. The number of hydrogen-bond acceptors (Lipinski definition) is 4. The molecule has 0 N–H and O–H groups in total. The van der Waals surface area contributed by atoms with Crippen LogP contribution in [0.1, 0.15) is 38.9 Å². The quantitative estimate of drug-likeness (QED) is 0.454. The summed E-state index contributed by atoms with van der Waals surface area (Å²) in [6.07, 6.45) is -0.576. The van der Waals surface area contributed by atoms with E-state index < -0.39 is 11.7 Å². The Balaban J connectivity index is 1.64. The number of furan rings is 1. The number of carbonyl (C=O) groups excluding carboxylic acids is 1. The third-order valence-electron chi connectivity index (χ3n) is 4.56. The Morgan fingerprint density at radius 2 is 1.86 bits per heavy atom. The van der Waals surface area contributed by atoms with Gasteiger partial charge in [-0.15, -0.1) is 11.3 Å². The first kappa shape index (κ1) is 20.3. The van der Waals surface area contributed by atoms with Crippen LogP contribution in [-0.2, 0) is 30.2 Å². The van der Waals surface area contributed by atoms with E-state index in [2.05, 4.69) is 4.98 Å². The number of aldehydes is 1. The lowest BCUT2D eigenvalue weighted by Gasteiger charge is -2.06. The molecule has 0 bridgehead atoms. The minimum atomic E-state index is -4.34. The number of aromatic nitrogens is 1. The first-order chi connectivity index (χ1) is 13.3. The average molecular weight is 407 g/mol. The third-order valence-corrected chi connectivity index (χ3v) is 5.80. The van der Waals surface area contributed by atoms with Gasteiger partial charge < -0.3 is 9.21 Å². The van der Waals surface area contributed by atoms with Gasteiger partial charge in [-0.05, 0) is 56.9 Å². The maximum Gasteiger partial charge on any atom is 0.416 e. The molecule has 0 radical (unpaired) electrons. The lowest BCUT2D eigenvalue weighted by molar-refractivity contribution is -0.137. The molecule has 0 unspecified atom stereocenters. The van der Waals surface area contributed by atoms with E-state index in [9.17, 15) is 18.0 Å². The Morgan fingerprint density at radius 3 is 2.50 bits per heavy atom. The summed E-state index contributed by atoms with van der Waals surface area (Å²) >= 11 is 1.57. The number of aryl methyl sites for hydroxylation is 4. The molecule has 0 saturated carbocycles. The molecule has 0 aliphatic carbocycles. The Bertz CT molecular complexity index is 955. The molecule has 3 nitrogen and oxygen atoms in total. The molecular formula is C21H20F3NO2S. The average Bonchev–Trinajstić information content (AvgIpc) is 3.18. The van der Waals surface area contributed by atoms with Gasteiger partial charge in [-0.2, -0.15) is 13.2 Å². The predicted octanol–water partition coefficient (Wildman–Crippen LogP) is 5.96. The molecule has 0 spiro atoms. The maximum absolute atomic E-state index is 12.7. The fourth-order valence-electron chi connectivity index (χ4n) is 3.02. The van der Waals surface area contributed by atoms with Crippen molar-refractivity contribution in [2.45, 2.75) is 45.7 Å². The van der Waals surface area contributed by atoms with Gasteiger partial charge in [0.1, 0.15) is 17.8 Å². The highest BCUT2D eigenvalue weighted by atomic mass is 32.1. The van der Waals surface area contributed by atoms with Gasteiger partial charge in [0.2, 0.25) is 0 Å². The molecular weight excluding hydrogens is 387 g/mol. The molecule has 148 valence electrons. The summed E-state index contributed by atoms with van der Waals surface area (Å²) in [6.45, 7) is 3.77. The zero-order valence-corrected chi connectivity index (χ0v) is 16.4. The van der Waals surface area contributed by atoms with E-state index in [-0.39, 0.29) is 0 Å². The van der Waals surface area contributed by atoms with Crippen molar-refractivity contribution in [3.05, 3.63) is 62.8 Å². The van der Waals surface area contributed by atoms with E-state index in [0.29, 0.717) is 17.7 Å². The number of rotatable bonds is 7. The number of benzene rings is 1. The van der Waals surface area contributed by atoms with Crippen molar-refractivity contribution >= 4 is 17.6 Å². The highest BCUT2D eigenvalue weighted by molar-refractivity contribution is 7.11. The van der Waals surface area contributed by atoms with Crippen molar-refractivity contribution in [3.8, 4) is 11.3 Å². The molecule has 3 rings (SSSR count). The van der Waals surface area contributed by atoms with Gasteiger partial charge in [0.05, 0.1) is 16.3 Å². The first-order valence-electron chi connectivity index (χ1n) is 8.93. The van der Waals surface area contributed by atoms with E-state index in [1.807, 2.05) is 19.9 Å². The fourth-order valence-corrected chi connectivity index (χ4v) is 4.08. The van der Waals surface area contributed by atoms with E-state index >= 15 is 0 Å². The van der Waals surface area contributed by atoms with E-state index in [1.165, 1.54) is 12.1 Å². The van der Waals surface area contributed by atoms with E-state index in [1.54, 1.807) is 11.3 Å². The minimum Gasteiger partial charge on any atom is -0.461 e. The molecule has 28 heavy (non-hydrogen) atoms. The summed E-state index contributed by atoms with van der Waals surface area (Å²) in [7, 11) is 0. The number of carbonyl (C=O) groups is 1. The molecule has 7 heteroatoms. The molecule has 0 fully saturated rings. The minimum absolute atomic E-state index is 0.404. The zero-order valence-electron chi connectivity index (χ0n) is 15.6. The fraction of sp³-hybridized carbons (Fsp3) is 0.333. The third kappa shape index (κ3) is 4.70. The van der Waals surface area contributed by atoms with Crippen LogP contribution in [0.5, 0.6) is 0 Å². The summed E-state index contributed by atoms with van der Waals surface area (Å²) < 4.78 is 43.8. The molecule has 0 amide bonds. The highest BCUT2D eigenvalue weighted by Gasteiger charge is 2.30. The van der Waals surface area contributed by atoms with Crippen LogP contribution in [0.15, 0.2) is 34.7 Å². The zero-order chi connectivity index (χ0) is 20.3. The largest absolute Gasteiger partial charge is 0.461 e. The number of halogens is 3. The Kier molecular flexibility index (Phi) is 6.03. The van der Waals surface area contributed by atoms with Gasteiger partial charge in [-0.1, -0.05) is 12.1 Å². The molecule has 2 aromatic heterocycles. The monoisotopic (exact) mass is 407 g/mol. The second-order valence-electron chi connectivity index (χ2n) is 6.61. The molecule has 0 aliphatic heterocycles. The molecule has 3 aromatic rings. The molecule has 2 heterocycles. The van der Waals surface area contributed by atoms with Gasteiger partial charge in [0.15, 0.2) is 0 Å². The van der Waals surface area contributed by atoms with Crippen LogP contribution in [0.4, 0.5) is 13.2 Å². The topological polar surface area (TPSA) is 43.1 Å². The number of thiazole rings is 1. The number of hydrogen-bond donors (Lipinski definition) is 0. The van der Waals surface area contributed by atoms with Crippen LogP contribution in [0.2, 0.25) is 0 Å². The van der Waals surface area contributed by atoms with Gasteiger partial charge in [0, 0.05) is 16.9 Å². The van der Waals surface area contributed by atoms with Gasteiger partial charge >= 0.3 is 6.18 Å². The SMILES string of the molecule is Cc1nc(CCCc2cc(-c3ccc(C(F)(F)F)cc3)oc2C)sc1CC=O. The van der Waals surface area contributed by atoms with Gasteiger partial charge in [-0.3, -0.25) is 0 Å². The van der Waals surface area contributed by atoms with Crippen molar-refractivity contribution in [2.75, 3.05) is 0 Å². The Labute approximate surface area is 165 Å². The van der Waals surface area contributed by atoms with Crippen molar-refractivity contribution in [2.24, 2.45) is 0 Å². The second kappa shape index (κ2) is 8.31. The maximum atomic E-state index is 12.7. The van der Waals surface area contributed by atoms with E-state index in [4.69, 9.17) is 4.42 Å². The van der Waals surface area contributed by atoms with Crippen molar-refractivity contribution < 1.29 is 22.4 Å². The Hall–Kier alpha value is -2.41. The smallest absolute Gasteiger partial charge is 0.416 e. The van der Waals surface area contributed by atoms with Crippen LogP contribution in [0.3, 0.4) is 0 Å². The predicted molar refractivity (Wildman–Crippen MR) is 103 cm³/mol. The number of nitrogens with zero attached hydrogens (tertiary/aromatic N) is 1. The van der Waals surface area contributed by atoms with Crippen molar-refractivity contribution in [3.63, 3.8) is 0 Å². The summed E-state index contributed by atoms with van der Waals surface area (Å²) in [6, 6.07) is 6.88. The standard InChI is InChI=1S/C21H20F3NO2S/c1-13-19(10-11-26)28-20(25-13)5-3-4-16-12-18(27-14(16)2)15-6-8-17(9-7-15)21(22,23)24/h6-9,11-12H,3-5,10H2,1-2H3. The summed E-state index contributed by atoms with van der Waals surface area (Å²) in [4.78, 5) is 16.2. The van der Waals surface area contributed by atoms with E-state index in [0.717, 1.165) is 64.6 Å². The van der Waals surface area contributed by atoms with Crippen LogP contribution in [0.25, 0.3) is 11.3 Å². The van der Waals surface area contributed by atoms with Crippen LogP contribution in [-0.4, -0.2) is 11.3 Å². The lowest BCUT2D eigenvalue weighted by atomic mass is 10.1. The summed E-state index contributed by atoms with van der Waals surface area (Å²) in [5.41, 5.74) is 1.90. The molecule has 1 aromatic carbocycles. The highest BCUT2D eigenvalue weighted by Crippen LogP contribution is 2.32. The van der Waals surface area contributed by atoms with Crippen LogP contribution in [0, 0.1) is 13.8 Å². The molecule has 0 saturated heterocycles. The van der Waals surface area contributed by atoms with Crippen LogP contribution < -0.4 is 0 Å². The summed E-state index contributed by atoms with van der Waals surface area (Å²) in [5.74, 6) is 1.34.